The quantitative estimate of drug-likeness (QED) is 0.668. The van der Waals surface area contributed by atoms with Crippen molar-refractivity contribution >= 4 is 17.7 Å². The van der Waals surface area contributed by atoms with Gasteiger partial charge in [-0.15, -0.1) is 0 Å². The van der Waals surface area contributed by atoms with Gasteiger partial charge in [-0.3, -0.25) is 19.3 Å². The molecule has 2 aliphatic rings. The third-order valence-electron chi connectivity index (χ3n) is 5.91. The largest absolute Gasteiger partial charge is 0.355 e. The molecule has 0 radical (unpaired) electrons. The number of rotatable bonds is 7. The van der Waals surface area contributed by atoms with Crippen LogP contribution in [-0.2, 0) is 9.59 Å². The minimum atomic E-state index is -0.417. The van der Waals surface area contributed by atoms with E-state index in [-0.39, 0.29) is 17.7 Å². The molecule has 2 fully saturated rings. The van der Waals surface area contributed by atoms with Crippen molar-refractivity contribution in [2.45, 2.75) is 38.5 Å². The summed E-state index contributed by atoms with van der Waals surface area (Å²) in [6.07, 6.45) is 5.32. The molecule has 3 rings (SSSR count). The van der Waals surface area contributed by atoms with Crippen LogP contribution in [0.3, 0.4) is 0 Å². The third kappa shape index (κ3) is 7.31. The Hall–Kier alpha value is -2.48. The molecule has 31 heavy (non-hydrogen) atoms. The summed E-state index contributed by atoms with van der Waals surface area (Å²) in [5.41, 5.74) is 0.356. The number of hydrogen-bond acceptors (Lipinski definition) is 4. The summed E-state index contributed by atoms with van der Waals surface area (Å²) in [7, 11) is 0. The van der Waals surface area contributed by atoms with Gasteiger partial charge >= 0.3 is 0 Å². The van der Waals surface area contributed by atoms with Crippen molar-refractivity contribution in [2.75, 3.05) is 52.4 Å². The highest BCUT2D eigenvalue weighted by molar-refractivity contribution is 5.94. The fourth-order valence-electron chi connectivity index (χ4n) is 4.17. The SMILES string of the molecule is O=C(CN1CCCN(C(=O)c2cccc(F)c2)CC1)NCCCN1CCCCCC1=O. The number of carbonyl (C=O) groups excluding carboxylic acids is 3. The predicted octanol–water partition coefficient (Wildman–Crippen LogP) is 1.88. The zero-order valence-corrected chi connectivity index (χ0v) is 18.2. The molecule has 3 amide bonds. The van der Waals surface area contributed by atoms with Gasteiger partial charge in [-0.1, -0.05) is 12.5 Å². The maximum atomic E-state index is 13.4. The van der Waals surface area contributed by atoms with Gasteiger partial charge in [-0.2, -0.15) is 0 Å². The molecule has 0 unspecified atom stereocenters. The molecule has 0 aromatic heterocycles. The first-order chi connectivity index (χ1) is 15.0. The van der Waals surface area contributed by atoms with E-state index in [1.807, 2.05) is 9.80 Å². The summed E-state index contributed by atoms with van der Waals surface area (Å²) in [4.78, 5) is 42.6. The minimum absolute atomic E-state index is 0.0351. The Balaban J connectivity index is 1.36. The highest BCUT2D eigenvalue weighted by atomic mass is 19.1. The van der Waals surface area contributed by atoms with Crippen molar-refractivity contribution in [2.24, 2.45) is 0 Å². The number of halogens is 1. The molecule has 8 heteroatoms. The maximum Gasteiger partial charge on any atom is 0.254 e. The fourth-order valence-corrected chi connectivity index (χ4v) is 4.17. The summed E-state index contributed by atoms with van der Waals surface area (Å²) in [6, 6.07) is 5.75. The Morgan fingerprint density at radius 2 is 1.87 bits per heavy atom. The van der Waals surface area contributed by atoms with Gasteiger partial charge in [0.15, 0.2) is 0 Å². The normalized spacial score (nSPS) is 18.4. The molecule has 0 saturated carbocycles. The second kappa shape index (κ2) is 11.8. The van der Waals surface area contributed by atoms with Crippen molar-refractivity contribution < 1.29 is 18.8 Å². The van der Waals surface area contributed by atoms with E-state index >= 15 is 0 Å². The number of carbonyl (C=O) groups is 3. The zero-order valence-electron chi connectivity index (χ0n) is 18.2. The molecule has 2 saturated heterocycles. The van der Waals surface area contributed by atoms with E-state index < -0.39 is 5.82 Å². The Morgan fingerprint density at radius 3 is 2.71 bits per heavy atom. The standard InChI is InChI=1S/C23H33FN4O3/c24-20-8-4-7-19(17-20)23(31)28-14-6-11-26(15-16-28)18-21(29)25-10-5-13-27-12-3-1-2-9-22(27)30/h4,7-8,17H,1-3,5-6,9-16,18H2,(H,25,29). The van der Waals surface area contributed by atoms with Crippen LogP contribution in [0.25, 0.3) is 0 Å². The second-order valence-electron chi connectivity index (χ2n) is 8.33. The molecule has 7 nitrogen and oxygen atoms in total. The summed E-state index contributed by atoms with van der Waals surface area (Å²) in [6.45, 7) is 4.83. The zero-order chi connectivity index (χ0) is 22.1. The Morgan fingerprint density at radius 1 is 1.00 bits per heavy atom. The van der Waals surface area contributed by atoms with Crippen LogP contribution in [0, 0.1) is 5.82 Å². The molecule has 0 aliphatic carbocycles. The van der Waals surface area contributed by atoms with E-state index in [0.717, 1.165) is 45.2 Å². The molecule has 0 spiro atoms. The number of nitrogens with one attached hydrogen (secondary N) is 1. The van der Waals surface area contributed by atoms with Gasteiger partial charge < -0.3 is 15.1 Å². The smallest absolute Gasteiger partial charge is 0.254 e. The fraction of sp³-hybridized carbons (Fsp3) is 0.609. The summed E-state index contributed by atoms with van der Waals surface area (Å²) >= 11 is 0. The van der Waals surface area contributed by atoms with E-state index in [4.69, 9.17) is 0 Å². The molecular formula is C23H33FN4O3. The van der Waals surface area contributed by atoms with Gasteiger partial charge in [0.05, 0.1) is 6.54 Å². The molecular weight excluding hydrogens is 399 g/mol. The van der Waals surface area contributed by atoms with E-state index in [2.05, 4.69) is 5.32 Å². The van der Waals surface area contributed by atoms with Crippen molar-refractivity contribution in [1.29, 1.82) is 0 Å². The van der Waals surface area contributed by atoms with Crippen LogP contribution in [-0.4, -0.2) is 84.8 Å². The topological polar surface area (TPSA) is 73.0 Å². The molecule has 170 valence electrons. The minimum Gasteiger partial charge on any atom is -0.355 e. The lowest BCUT2D eigenvalue weighted by Crippen LogP contribution is -2.41. The molecule has 1 aromatic carbocycles. The Labute approximate surface area is 183 Å². The summed E-state index contributed by atoms with van der Waals surface area (Å²) in [5, 5.41) is 2.95. The highest BCUT2D eigenvalue weighted by Crippen LogP contribution is 2.12. The third-order valence-corrected chi connectivity index (χ3v) is 5.91. The van der Waals surface area contributed by atoms with Crippen molar-refractivity contribution in [3.63, 3.8) is 0 Å². The number of hydrogen-bond donors (Lipinski definition) is 1. The van der Waals surface area contributed by atoms with Gasteiger partial charge in [0.1, 0.15) is 5.82 Å². The monoisotopic (exact) mass is 432 g/mol. The predicted molar refractivity (Wildman–Crippen MR) is 116 cm³/mol. The van der Waals surface area contributed by atoms with Crippen LogP contribution in [0.5, 0.6) is 0 Å². The lowest BCUT2D eigenvalue weighted by Gasteiger charge is -2.22. The average molecular weight is 433 g/mol. The lowest BCUT2D eigenvalue weighted by molar-refractivity contribution is -0.130. The summed E-state index contributed by atoms with van der Waals surface area (Å²) in [5.74, 6) is -0.397. The first-order valence-electron chi connectivity index (χ1n) is 11.3. The maximum absolute atomic E-state index is 13.4. The number of nitrogens with zero attached hydrogens (tertiary/aromatic N) is 3. The number of amides is 3. The van der Waals surface area contributed by atoms with Crippen LogP contribution in [0.15, 0.2) is 24.3 Å². The van der Waals surface area contributed by atoms with E-state index in [1.54, 1.807) is 17.0 Å². The van der Waals surface area contributed by atoms with E-state index in [9.17, 15) is 18.8 Å². The van der Waals surface area contributed by atoms with Gasteiger partial charge in [0.2, 0.25) is 11.8 Å². The van der Waals surface area contributed by atoms with Crippen molar-refractivity contribution in [3.05, 3.63) is 35.6 Å². The van der Waals surface area contributed by atoms with Crippen LogP contribution in [0.2, 0.25) is 0 Å². The molecule has 2 heterocycles. The van der Waals surface area contributed by atoms with Crippen LogP contribution < -0.4 is 5.32 Å². The Bertz CT molecular complexity index is 773. The summed E-state index contributed by atoms with van der Waals surface area (Å²) < 4.78 is 13.4. The molecule has 1 aromatic rings. The first-order valence-corrected chi connectivity index (χ1v) is 11.3. The Kier molecular flexibility index (Phi) is 8.82. The lowest BCUT2D eigenvalue weighted by atomic mass is 10.2. The average Bonchev–Trinajstić information content (AvgIpc) is 3.11. The van der Waals surface area contributed by atoms with Crippen LogP contribution in [0.1, 0.15) is 48.9 Å². The van der Waals surface area contributed by atoms with Crippen LogP contribution >= 0.6 is 0 Å². The van der Waals surface area contributed by atoms with E-state index in [1.165, 1.54) is 12.1 Å². The van der Waals surface area contributed by atoms with E-state index in [0.29, 0.717) is 51.3 Å². The number of benzene rings is 1. The second-order valence-corrected chi connectivity index (χ2v) is 8.33. The van der Waals surface area contributed by atoms with Crippen molar-refractivity contribution in [3.8, 4) is 0 Å². The first kappa shape index (κ1) is 23.2. The van der Waals surface area contributed by atoms with Crippen molar-refractivity contribution in [1.82, 2.24) is 20.0 Å². The van der Waals surface area contributed by atoms with Gasteiger partial charge in [-0.25, -0.2) is 4.39 Å². The molecule has 2 aliphatic heterocycles. The van der Waals surface area contributed by atoms with Gasteiger partial charge in [0, 0.05) is 57.8 Å². The van der Waals surface area contributed by atoms with Crippen LogP contribution in [0.4, 0.5) is 4.39 Å². The molecule has 0 bridgehead atoms. The highest BCUT2D eigenvalue weighted by Gasteiger charge is 2.22. The van der Waals surface area contributed by atoms with Gasteiger partial charge in [0.25, 0.3) is 5.91 Å². The van der Waals surface area contributed by atoms with Gasteiger partial charge in [-0.05, 0) is 43.9 Å². The number of likely N-dealkylation sites (tertiary alicyclic amines) is 1. The molecule has 1 N–H and O–H groups in total. The molecule has 0 atom stereocenters.